The highest BCUT2D eigenvalue weighted by Crippen LogP contribution is 2.39. The van der Waals surface area contributed by atoms with Crippen LogP contribution in [0.2, 0.25) is 0 Å². The third kappa shape index (κ3) is 2.26. The van der Waals surface area contributed by atoms with Crippen LogP contribution in [0, 0.1) is 12.7 Å². The second-order valence-corrected chi connectivity index (χ2v) is 5.50. The molecule has 0 N–H and O–H groups in total. The normalized spacial score (nSPS) is 14.3. The van der Waals surface area contributed by atoms with E-state index in [1.807, 2.05) is 19.1 Å². The number of rotatable bonds is 3. The molecule has 0 amide bonds. The van der Waals surface area contributed by atoms with Crippen molar-refractivity contribution < 1.29 is 4.39 Å². The summed E-state index contributed by atoms with van der Waals surface area (Å²) in [5.41, 5.74) is 1.26. The zero-order valence-corrected chi connectivity index (χ0v) is 12.1. The molecule has 0 radical (unpaired) electrons. The lowest BCUT2D eigenvalue weighted by Crippen LogP contribution is -2.04. The van der Waals surface area contributed by atoms with Crippen molar-refractivity contribution in [1.29, 1.82) is 0 Å². The first kappa shape index (κ1) is 13.1. The molecular formula is C16H14FN5. The Bertz CT molecular complexity index is 838. The summed E-state index contributed by atoms with van der Waals surface area (Å²) >= 11 is 0. The zero-order chi connectivity index (χ0) is 15.1. The van der Waals surface area contributed by atoms with Gasteiger partial charge in [-0.1, -0.05) is 0 Å². The van der Waals surface area contributed by atoms with E-state index in [4.69, 9.17) is 0 Å². The molecule has 5 nitrogen and oxygen atoms in total. The van der Waals surface area contributed by atoms with Gasteiger partial charge in [0.05, 0.1) is 0 Å². The second-order valence-electron chi connectivity index (χ2n) is 5.50. The quantitative estimate of drug-likeness (QED) is 0.745. The van der Waals surface area contributed by atoms with Crippen molar-refractivity contribution in [1.82, 2.24) is 24.7 Å². The minimum Gasteiger partial charge on any atom is -0.250 e. The topological polar surface area (TPSA) is 56.5 Å². The summed E-state index contributed by atoms with van der Waals surface area (Å²) in [4.78, 5) is 13.0. The van der Waals surface area contributed by atoms with Gasteiger partial charge in [0.2, 0.25) is 0 Å². The molecule has 0 aliphatic heterocycles. The molecule has 1 aliphatic rings. The van der Waals surface area contributed by atoms with Gasteiger partial charge >= 0.3 is 0 Å². The van der Waals surface area contributed by atoms with Gasteiger partial charge in [-0.2, -0.15) is 4.68 Å². The lowest BCUT2D eigenvalue weighted by atomic mass is 10.3. The highest BCUT2D eigenvalue weighted by atomic mass is 19.1. The Labute approximate surface area is 126 Å². The molecule has 0 unspecified atom stereocenters. The number of hydrogen-bond donors (Lipinski definition) is 0. The van der Waals surface area contributed by atoms with E-state index in [0.717, 1.165) is 24.2 Å². The Morgan fingerprint density at radius 2 is 2.05 bits per heavy atom. The van der Waals surface area contributed by atoms with Crippen molar-refractivity contribution in [2.45, 2.75) is 25.7 Å². The number of halogens is 1. The zero-order valence-electron chi connectivity index (χ0n) is 12.1. The summed E-state index contributed by atoms with van der Waals surface area (Å²) in [6.07, 6.45) is 5.42. The van der Waals surface area contributed by atoms with Gasteiger partial charge in [-0.05, 0) is 49.6 Å². The van der Waals surface area contributed by atoms with Crippen LogP contribution in [0.25, 0.3) is 17.3 Å². The van der Waals surface area contributed by atoms with Crippen LogP contribution < -0.4 is 0 Å². The maximum Gasteiger partial charge on any atom is 0.186 e. The van der Waals surface area contributed by atoms with E-state index in [1.54, 1.807) is 23.1 Å². The van der Waals surface area contributed by atoms with Gasteiger partial charge in [-0.25, -0.2) is 19.3 Å². The number of nitrogens with zero attached hydrogens (tertiary/aromatic N) is 5. The largest absolute Gasteiger partial charge is 0.250 e. The second kappa shape index (κ2) is 4.98. The van der Waals surface area contributed by atoms with E-state index in [9.17, 15) is 4.39 Å². The van der Waals surface area contributed by atoms with E-state index < -0.39 is 5.82 Å². The van der Waals surface area contributed by atoms with Crippen LogP contribution in [0.1, 0.15) is 30.1 Å². The number of pyridine rings is 2. The fraction of sp³-hybridized carbons (Fsp3) is 0.250. The number of hydrogen-bond acceptors (Lipinski definition) is 4. The molecule has 3 aromatic rings. The van der Waals surface area contributed by atoms with Crippen LogP contribution in [0.4, 0.5) is 4.39 Å². The van der Waals surface area contributed by atoms with Gasteiger partial charge in [-0.3, -0.25) is 0 Å². The van der Waals surface area contributed by atoms with E-state index in [-0.39, 0.29) is 5.69 Å². The molecule has 1 aliphatic carbocycles. The molecule has 1 fully saturated rings. The molecule has 4 rings (SSSR count). The third-order valence-electron chi connectivity index (χ3n) is 3.65. The Hall–Kier alpha value is -2.63. The van der Waals surface area contributed by atoms with Crippen molar-refractivity contribution in [3.63, 3.8) is 0 Å². The predicted octanol–water partition coefficient (Wildman–Crippen LogP) is 3.05. The molecule has 110 valence electrons. The maximum absolute atomic E-state index is 14.1. The van der Waals surface area contributed by atoms with Gasteiger partial charge in [0.15, 0.2) is 23.3 Å². The first-order valence-electron chi connectivity index (χ1n) is 7.23. The van der Waals surface area contributed by atoms with Crippen molar-refractivity contribution >= 4 is 0 Å². The predicted molar refractivity (Wildman–Crippen MR) is 79.1 cm³/mol. The average Bonchev–Trinajstić information content (AvgIpc) is 3.27. The van der Waals surface area contributed by atoms with Gasteiger partial charge in [-0.15, -0.1) is 5.10 Å². The van der Waals surface area contributed by atoms with Crippen LogP contribution in [0.15, 0.2) is 36.7 Å². The van der Waals surface area contributed by atoms with E-state index >= 15 is 0 Å². The summed E-state index contributed by atoms with van der Waals surface area (Å²) in [7, 11) is 0. The molecule has 3 heterocycles. The van der Waals surface area contributed by atoms with Crippen LogP contribution in [-0.2, 0) is 0 Å². The minimum atomic E-state index is -0.411. The highest BCUT2D eigenvalue weighted by molar-refractivity contribution is 5.53. The average molecular weight is 295 g/mol. The van der Waals surface area contributed by atoms with Crippen molar-refractivity contribution in [3.05, 3.63) is 53.9 Å². The van der Waals surface area contributed by atoms with Crippen molar-refractivity contribution in [2.75, 3.05) is 0 Å². The first-order chi connectivity index (χ1) is 10.7. The SMILES string of the molecule is Cc1ccnc(-n2nc(C3CC3)nc2-c2ncccc2F)c1. The summed E-state index contributed by atoms with van der Waals surface area (Å²) in [6, 6.07) is 6.74. The summed E-state index contributed by atoms with van der Waals surface area (Å²) < 4.78 is 15.7. The van der Waals surface area contributed by atoms with E-state index in [2.05, 4.69) is 20.1 Å². The molecule has 0 aromatic carbocycles. The van der Waals surface area contributed by atoms with E-state index in [0.29, 0.717) is 17.6 Å². The molecule has 1 saturated carbocycles. The van der Waals surface area contributed by atoms with Gasteiger partial charge in [0.25, 0.3) is 0 Å². The van der Waals surface area contributed by atoms with Crippen LogP contribution >= 0.6 is 0 Å². The van der Waals surface area contributed by atoms with Crippen LogP contribution in [0.3, 0.4) is 0 Å². The molecule has 3 aromatic heterocycles. The molecule has 0 saturated heterocycles. The Kier molecular flexibility index (Phi) is 2.96. The Morgan fingerprint density at radius 1 is 1.18 bits per heavy atom. The summed E-state index contributed by atoms with van der Waals surface area (Å²) in [6.45, 7) is 1.98. The number of aromatic nitrogens is 5. The van der Waals surface area contributed by atoms with Crippen molar-refractivity contribution in [2.24, 2.45) is 0 Å². The molecular weight excluding hydrogens is 281 g/mol. The summed E-state index contributed by atoms with van der Waals surface area (Å²) in [5, 5.41) is 4.54. The fourth-order valence-corrected chi connectivity index (χ4v) is 2.34. The first-order valence-corrected chi connectivity index (χ1v) is 7.23. The van der Waals surface area contributed by atoms with Crippen LogP contribution in [0.5, 0.6) is 0 Å². The fourth-order valence-electron chi connectivity index (χ4n) is 2.34. The van der Waals surface area contributed by atoms with E-state index in [1.165, 1.54) is 6.07 Å². The van der Waals surface area contributed by atoms with Crippen molar-refractivity contribution in [3.8, 4) is 17.3 Å². The van der Waals surface area contributed by atoms with Gasteiger partial charge < -0.3 is 0 Å². The lowest BCUT2D eigenvalue weighted by Gasteiger charge is -2.05. The standard InChI is InChI=1S/C16H14FN5/c1-10-6-8-18-13(9-10)22-16(14-12(17)3-2-7-19-14)20-15(21-22)11-4-5-11/h2-3,6-9,11H,4-5H2,1H3. The molecule has 0 atom stereocenters. The highest BCUT2D eigenvalue weighted by Gasteiger charge is 2.30. The maximum atomic E-state index is 14.1. The monoisotopic (exact) mass is 295 g/mol. The Morgan fingerprint density at radius 3 is 2.77 bits per heavy atom. The van der Waals surface area contributed by atoms with Gasteiger partial charge in [0, 0.05) is 18.3 Å². The van der Waals surface area contributed by atoms with Gasteiger partial charge in [0.1, 0.15) is 5.69 Å². The lowest BCUT2D eigenvalue weighted by molar-refractivity contribution is 0.622. The Balaban J connectivity index is 1.91. The summed E-state index contributed by atoms with van der Waals surface area (Å²) in [5.74, 6) is 1.73. The number of aryl methyl sites for hydroxylation is 1. The molecule has 22 heavy (non-hydrogen) atoms. The molecule has 0 spiro atoms. The smallest absolute Gasteiger partial charge is 0.186 e. The molecule has 0 bridgehead atoms. The third-order valence-corrected chi connectivity index (χ3v) is 3.65. The van der Waals surface area contributed by atoms with Crippen LogP contribution in [-0.4, -0.2) is 24.7 Å². The molecule has 6 heteroatoms. The minimum absolute atomic E-state index is 0.199.